The van der Waals surface area contributed by atoms with Gasteiger partial charge >= 0.3 is 0 Å². The third-order valence-corrected chi connectivity index (χ3v) is 3.31. The Kier molecular flexibility index (Phi) is 5.50. The molecule has 0 radical (unpaired) electrons. The molecule has 0 bridgehead atoms. The molecule has 0 spiro atoms. The van der Waals surface area contributed by atoms with Gasteiger partial charge in [0.25, 0.3) is 0 Å². The maximum Gasteiger partial charge on any atom is 0.0793 e. The standard InChI is InChI=1S/C14H21BrO/c1-4-5-10(2)8-14(16)12-6-11(3)7-13(15)9-12/h6-7,9-10,14,16H,4-5,8H2,1-3H3. The Morgan fingerprint density at radius 2 is 2.00 bits per heavy atom. The van der Waals surface area contributed by atoms with Gasteiger partial charge in [-0.25, -0.2) is 0 Å². The molecule has 0 aliphatic carbocycles. The lowest BCUT2D eigenvalue weighted by Crippen LogP contribution is -2.04. The lowest BCUT2D eigenvalue weighted by Gasteiger charge is -2.17. The third kappa shape index (κ3) is 4.26. The second kappa shape index (κ2) is 6.41. The predicted molar refractivity (Wildman–Crippen MR) is 72.5 cm³/mol. The molecule has 0 amide bonds. The molecular formula is C14H21BrO. The van der Waals surface area contributed by atoms with Crippen LogP contribution in [0.15, 0.2) is 22.7 Å². The number of hydrogen-bond acceptors (Lipinski definition) is 1. The van der Waals surface area contributed by atoms with Crippen molar-refractivity contribution in [3.63, 3.8) is 0 Å². The van der Waals surface area contributed by atoms with Crippen LogP contribution in [0.2, 0.25) is 0 Å². The summed E-state index contributed by atoms with van der Waals surface area (Å²) in [6.45, 7) is 6.44. The number of hydrogen-bond donors (Lipinski definition) is 1. The number of aliphatic hydroxyl groups excluding tert-OH is 1. The summed E-state index contributed by atoms with van der Waals surface area (Å²) in [5.74, 6) is 0.583. The highest BCUT2D eigenvalue weighted by Crippen LogP contribution is 2.26. The van der Waals surface area contributed by atoms with Crippen LogP contribution in [0.4, 0.5) is 0 Å². The van der Waals surface area contributed by atoms with Crippen LogP contribution in [0.5, 0.6) is 0 Å². The SMILES string of the molecule is CCCC(C)CC(O)c1cc(C)cc(Br)c1. The quantitative estimate of drug-likeness (QED) is 0.837. The molecule has 16 heavy (non-hydrogen) atoms. The zero-order valence-corrected chi connectivity index (χ0v) is 11.9. The van der Waals surface area contributed by atoms with E-state index in [-0.39, 0.29) is 6.10 Å². The van der Waals surface area contributed by atoms with Gasteiger partial charge in [-0.15, -0.1) is 0 Å². The summed E-state index contributed by atoms with van der Waals surface area (Å²) in [4.78, 5) is 0. The first-order valence-electron chi connectivity index (χ1n) is 5.98. The maximum absolute atomic E-state index is 10.1. The van der Waals surface area contributed by atoms with Crippen molar-refractivity contribution in [2.75, 3.05) is 0 Å². The summed E-state index contributed by atoms with van der Waals surface area (Å²) >= 11 is 3.47. The molecule has 2 heteroatoms. The monoisotopic (exact) mass is 284 g/mol. The second-order valence-corrected chi connectivity index (χ2v) is 5.62. The first-order chi connectivity index (χ1) is 7.52. The van der Waals surface area contributed by atoms with E-state index in [1.165, 1.54) is 18.4 Å². The van der Waals surface area contributed by atoms with Crippen molar-refractivity contribution in [2.24, 2.45) is 5.92 Å². The van der Waals surface area contributed by atoms with Crippen molar-refractivity contribution in [1.29, 1.82) is 0 Å². The van der Waals surface area contributed by atoms with E-state index in [2.05, 4.69) is 48.8 Å². The van der Waals surface area contributed by atoms with Gasteiger partial charge in [0.1, 0.15) is 0 Å². The Morgan fingerprint density at radius 3 is 2.56 bits per heavy atom. The van der Waals surface area contributed by atoms with Gasteiger partial charge in [0.15, 0.2) is 0 Å². The Labute approximate surface area is 107 Å². The summed E-state index contributed by atoms with van der Waals surface area (Å²) in [5.41, 5.74) is 2.21. The molecule has 1 aromatic carbocycles. The van der Waals surface area contributed by atoms with Gasteiger partial charge in [-0.05, 0) is 42.5 Å². The smallest absolute Gasteiger partial charge is 0.0793 e. The summed E-state index contributed by atoms with van der Waals surface area (Å²) in [6, 6.07) is 6.14. The number of halogens is 1. The predicted octanol–water partition coefficient (Wildman–Crippen LogP) is 4.62. The lowest BCUT2D eigenvalue weighted by atomic mass is 9.94. The summed E-state index contributed by atoms with van der Waals surface area (Å²) in [5, 5.41) is 10.1. The van der Waals surface area contributed by atoms with Crippen LogP contribution in [0, 0.1) is 12.8 Å². The van der Waals surface area contributed by atoms with Crippen molar-refractivity contribution in [3.8, 4) is 0 Å². The molecule has 0 aliphatic rings. The van der Waals surface area contributed by atoms with Crippen LogP contribution in [0.1, 0.15) is 50.3 Å². The van der Waals surface area contributed by atoms with E-state index >= 15 is 0 Å². The first kappa shape index (κ1) is 13.7. The Hall–Kier alpha value is -0.340. The van der Waals surface area contributed by atoms with Crippen molar-refractivity contribution in [3.05, 3.63) is 33.8 Å². The van der Waals surface area contributed by atoms with Gasteiger partial charge in [-0.1, -0.05) is 48.7 Å². The fourth-order valence-electron chi connectivity index (χ4n) is 2.08. The number of benzene rings is 1. The molecule has 0 fully saturated rings. The first-order valence-corrected chi connectivity index (χ1v) is 6.77. The van der Waals surface area contributed by atoms with Gasteiger partial charge in [-0.3, -0.25) is 0 Å². The summed E-state index contributed by atoms with van der Waals surface area (Å²) in [7, 11) is 0. The average Bonchev–Trinajstić information content (AvgIpc) is 2.16. The third-order valence-electron chi connectivity index (χ3n) is 2.86. The molecule has 1 aromatic rings. The van der Waals surface area contributed by atoms with Crippen molar-refractivity contribution >= 4 is 15.9 Å². The minimum atomic E-state index is -0.335. The number of rotatable bonds is 5. The van der Waals surface area contributed by atoms with Crippen LogP contribution in [-0.4, -0.2) is 5.11 Å². The summed E-state index contributed by atoms with van der Waals surface area (Å²) in [6.07, 6.45) is 2.89. The Bertz CT molecular complexity index is 315. The molecule has 1 nitrogen and oxygen atoms in total. The molecule has 0 saturated heterocycles. The average molecular weight is 285 g/mol. The van der Waals surface area contributed by atoms with Crippen molar-refractivity contribution in [2.45, 2.75) is 46.1 Å². The van der Waals surface area contributed by atoms with E-state index in [9.17, 15) is 5.11 Å². The topological polar surface area (TPSA) is 20.2 Å². The maximum atomic E-state index is 10.1. The molecule has 0 saturated carbocycles. The highest BCUT2D eigenvalue weighted by atomic mass is 79.9. The molecule has 0 heterocycles. The van der Waals surface area contributed by atoms with E-state index in [0.29, 0.717) is 5.92 Å². The largest absolute Gasteiger partial charge is 0.388 e. The Balaban J connectivity index is 2.68. The van der Waals surface area contributed by atoms with E-state index < -0.39 is 0 Å². The number of aliphatic hydroxyl groups is 1. The Morgan fingerprint density at radius 1 is 1.31 bits per heavy atom. The number of aryl methyl sites for hydroxylation is 1. The molecule has 0 aromatic heterocycles. The molecule has 0 aliphatic heterocycles. The zero-order valence-electron chi connectivity index (χ0n) is 10.3. The highest BCUT2D eigenvalue weighted by molar-refractivity contribution is 9.10. The molecule has 2 unspecified atom stereocenters. The van der Waals surface area contributed by atoms with Crippen LogP contribution in [0.25, 0.3) is 0 Å². The minimum Gasteiger partial charge on any atom is -0.388 e. The van der Waals surface area contributed by atoms with Gasteiger partial charge in [0.05, 0.1) is 6.10 Å². The van der Waals surface area contributed by atoms with E-state index in [1.54, 1.807) is 0 Å². The van der Waals surface area contributed by atoms with E-state index in [1.807, 2.05) is 6.07 Å². The highest BCUT2D eigenvalue weighted by Gasteiger charge is 2.12. The van der Waals surface area contributed by atoms with Crippen molar-refractivity contribution < 1.29 is 5.11 Å². The molecule has 1 N–H and O–H groups in total. The van der Waals surface area contributed by atoms with Gasteiger partial charge in [-0.2, -0.15) is 0 Å². The lowest BCUT2D eigenvalue weighted by molar-refractivity contribution is 0.145. The van der Waals surface area contributed by atoms with Crippen LogP contribution >= 0.6 is 15.9 Å². The van der Waals surface area contributed by atoms with Gasteiger partial charge in [0, 0.05) is 4.47 Å². The van der Waals surface area contributed by atoms with Crippen molar-refractivity contribution in [1.82, 2.24) is 0 Å². The molecule has 1 rings (SSSR count). The summed E-state index contributed by atoms with van der Waals surface area (Å²) < 4.78 is 1.05. The fourth-order valence-corrected chi connectivity index (χ4v) is 2.71. The van der Waals surface area contributed by atoms with Crippen LogP contribution < -0.4 is 0 Å². The molecule has 90 valence electrons. The molecule has 2 atom stereocenters. The minimum absolute atomic E-state index is 0.335. The van der Waals surface area contributed by atoms with E-state index in [4.69, 9.17) is 0 Å². The zero-order chi connectivity index (χ0) is 12.1. The normalized spacial score (nSPS) is 14.8. The van der Waals surface area contributed by atoms with Gasteiger partial charge in [0.2, 0.25) is 0 Å². The van der Waals surface area contributed by atoms with Crippen LogP contribution in [-0.2, 0) is 0 Å². The second-order valence-electron chi connectivity index (χ2n) is 4.71. The van der Waals surface area contributed by atoms with Crippen LogP contribution in [0.3, 0.4) is 0 Å². The fraction of sp³-hybridized carbons (Fsp3) is 0.571. The van der Waals surface area contributed by atoms with E-state index in [0.717, 1.165) is 16.5 Å². The molecular weight excluding hydrogens is 264 g/mol. The van der Waals surface area contributed by atoms with Gasteiger partial charge < -0.3 is 5.11 Å².